The monoisotopic (exact) mass is 782 g/mol. The van der Waals surface area contributed by atoms with Crippen molar-refractivity contribution in [3.8, 4) is 16.9 Å². The third-order valence-corrected chi connectivity index (χ3v) is 11.5. The predicted octanol–water partition coefficient (Wildman–Crippen LogP) is 8.21. The number of urea groups is 1. The molecule has 1 aliphatic carbocycles. The van der Waals surface area contributed by atoms with Crippen LogP contribution >= 0.6 is 0 Å². The average molecular weight is 783 g/mol. The third kappa shape index (κ3) is 7.23. The molecule has 6 heterocycles. The van der Waals surface area contributed by atoms with E-state index < -0.39 is 6.97 Å². The molecule has 0 saturated heterocycles. The van der Waals surface area contributed by atoms with Gasteiger partial charge in [0.1, 0.15) is 23.4 Å². The van der Waals surface area contributed by atoms with E-state index in [2.05, 4.69) is 37.9 Å². The van der Waals surface area contributed by atoms with Crippen molar-refractivity contribution < 1.29 is 27.4 Å². The van der Waals surface area contributed by atoms with Crippen LogP contribution in [-0.4, -0.2) is 79.7 Å². The van der Waals surface area contributed by atoms with Gasteiger partial charge in [-0.15, -0.1) is 0 Å². The summed E-state index contributed by atoms with van der Waals surface area (Å²) in [5.74, 6) is 1.07. The Morgan fingerprint density at radius 2 is 1.88 bits per heavy atom. The fraction of sp³-hybridized carbons (Fsp3) is 0.295. The number of amides is 3. The van der Waals surface area contributed by atoms with E-state index in [0.717, 1.165) is 48.0 Å². The van der Waals surface area contributed by atoms with Crippen molar-refractivity contribution in [1.82, 2.24) is 29.6 Å². The van der Waals surface area contributed by atoms with Crippen LogP contribution < -0.4 is 15.4 Å². The zero-order valence-corrected chi connectivity index (χ0v) is 32.6. The second-order valence-electron chi connectivity index (χ2n) is 15.6. The highest BCUT2D eigenvalue weighted by Gasteiger charge is 2.52. The number of anilines is 1. The molecule has 4 aliphatic rings. The Kier molecular flexibility index (Phi) is 9.78. The SMILES string of the molecule is Cc1cc(C)n2c1C=C1C=CC(CCC(=O)NCCCOc3cccc(-c4cccc(NC(=O)N5CC=C(c6ncnc7[nH]cc(C8CC8)c67)CC5)c4)c3)=[N+]1[B-]2(F)F. The number of aromatic nitrogens is 4. The van der Waals surface area contributed by atoms with Crippen molar-refractivity contribution in [2.45, 2.75) is 58.3 Å². The van der Waals surface area contributed by atoms with Crippen molar-refractivity contribution in [3.63, 3.8) is 0 Å². The zero-order chi connectivity index (χ0) is 40.0. The van der Waals surface area contributed by atoms with Crippen LogP contribution in [0.5, 0.6) is 5.75 Å². The number of carbonyl (C=O) groups is 2. The summed E-state index contributed by atoms with van der Waals surface area (Å²) in [5.41, 5.74) is 9.60. The summed E-state index contributed by atoms with van der Waals surface area (Å²) in [6, 6.07) is 17.1. The van der Waals surface area contributed by atoms with Crippen LogP contribution in [0.15, 0.2) is 91.0 Å². The number of rotatable bonds is 12. The van der Waals surface area contributed by atoms with Crippen LogP contribution in [0.2, 0.25) is 0 Å². The molecular formula is C44H45BF2N8O3. The van der Waals surface area contributed by atoms with Gasteiger partial charge in [-0.25, -0.2) is 14.8 Å². The maximum atomic E-state index is 15.7. The van der Waals surface area contributed by atoms with Crippen LogP contribution in [0, 0.1) is 13.8 Å². The lowest BCUT2D eigenvalue weighted by Gasteiger charge is -2.30. The van der Waals surface area contributed by atoms with Gasteiger partial charge in [0.15, 0.2) is 5.70 Å². The molecule has 0 radical (unpaired) electrons. The number of fused-ring (bicyclic) bond motifs is 3. The molecular weight excluding hydrogens is 737 g/mol. The number of allylic oxidation sites excluding steroid dienone is 2. The lowest BCUT2D eigenvalue weighted by Crippen LogP contribution is -2.50. The van der Waals surface area contributed by atoms with Gasteiger partial charge >= 0.3 is 13.0 Å². The largest absolute Gasteiger partial charge is 0.737 e. The molecule has 3 amide bonds. The number of ether oxygens (including phenoxy) is 1. The molecule has 296 valence electrons. The summed E-state index contributed by atoms with van der Waals surface area (Å²) in [5, 5.41) is 7.08. The number of aromatic amines is 1. The number of aryl methyl sites for hydroxylation is 2. The predicted molar refractivity (Wildman–Crippen MR) is 223 cm³/mol. The molecule has 0 unspecified atom stereocenters. The van der Waals surface area contributed by atoms with Gasteiger partial charge in [0, 0.05) is 73.7 Å². The van der Waals surface area contributed by atoms with E-state index in [-0.39, 0.29) is 24.8 Å². The van der Waals surface area contributed by atoms with Gasteiger partial charge in [0.05, 0.1) is 12.3 Å². The molecule has 9 rings (SSSR count). The van der Waals surface area contributed by atoms with E-state index in [1.165, 1.54) is 18.4 Å². The van der Waals surface area contributed by atoms with Gasteiger partial charge in [-0.1, -0.05) is 30.3 Å². The highest BCUT2D eigenvalue weighted by molar-refractivity contribution is 6.58. The maximum Gasteiger partial charge on any atom is 0.737 e. The van der Waals surface area contributed by atoms with E-state index in [0.29, 0.717) is 79.2 Å². The Hall–Kier alpha value is -6.31. The lowest BCUT2D eigenvalue weighted by molar-refractivity contribution is -0.362. The lowest BCUT2D eigenvalue weighted by atomic mass is 9.90. The molecule has 1 saturated carbocycles. The number of halogens is 2. The highest BCUT2D eigenvalue weighted by atomic mass is 19.2. The van der Waals surface area contributed by atoms with Gasteiger partial charge in [0.25, 0.3) is 0 Å². The van der Waals surface area contributed by atoms with Crippen molar-refractivity contribution >= 4 is 53.0 Å². The van der Waals surface area contributed by atoms with Crippen molar-refractivity contribution in [2.75, 3.05) is 31.6 Å². The Balaban J connectivity index is 0.743. The third-order valence-electron chi connectivity index (χ3n) is 11.5. The van der Waals surface area contributed by atoms with Gasteiger partial charge < -0.3 is 42.9 Å². The number of hydrogen-bond acceptors (Lipinski definition) is 5. The van der Waals surface area contributed by atoms with Crippen molar-refractivity contribution in [3.05, 3.63) is 119 Å². The first-order chi connectivity index (χ1) is 28.1. The van der Waals surface area contributed by atoms with Gasteiger partial charge in [-0.2, -0.15) is 0 Å². The van der Waals surface area contributed by atoms with E-state index >= 15 is 8.63 Å². The summed E-state index contributed by atoms with van der Waals surface area (Å²) >= 11 is 0. The topological polar surface area (TPSA) is 120 Å². The average Bonchev–Trinajstić information content (AvgIpc) is 3.70. The van der Waals surface area contributed by atoms with E-state index in [1.54, 1.807) is 42.4 Å². The minimum absolute atomic E-state index is 0.104. The number of hydrogen-bond donors (Lipinski definition) is 3. The molecule has 0 spiro atoms. The van der Waals surface area contributed by atoms with E-state index in [9.17, 15) is 9.59 Å². The molecule has 58 heavy (non-hydrogen) atoms. The number of nitrogens with one attached hydrogen (secondary N) is 3. The molecule has 3 N–H and O–H groups in total. The minimum atomic E-state index is -4.05. The molecule has 2 aromatic carbocycles. The molecule has 1 fully saturated rings. The summed E-state index contributed by atoms with van der Waals surface area (Å²) < 4.78 is 39.6. The molecule has 5 aromatic rings. The van der Waals surface area contributed by atoms with E-state index in [1.807, 2.05) is 55.5 Å². The van der Waals surface area contributed by atoms with Crippen LogP contribution in [0.4, 0.5) is 19.1 Å². The van der Waals surface area contributed by atoms with Gasteiger partial charge in [0.2, 0.25) is 5.91 Å². The Bertz CT molecular complexity index is 2580. The first-order valence-electron chi connectivity index (χ1n) is 20.1. The zero-order valence-electron chi connectivity index (χ0n) is 32.6. The number of benzene rings is 2. The normalized spacial score (nSPS) is 16.9. The standard InChI is InChI=1S/C44H45BF2N8O3/c1-28-22-29(2)54-39(28)25-36-13-12-35(55(36)45(54,46)47)14-15-40(56)48-18-5-21-58-37-9-4-7-33(24-37)32-6-3-8-34(23-32)52-44(57)53-19-16-31(17-20-53)42-41-38(30-10-11-30)26-49-43(41)51-27-50-42/h3-4,6-9,12-13,16,22-27,30H,5,10-11,14-15,17-21H2,1-2H3,(H,48,56)(H,52,57)(H,49,50,51). The Morgan fingerprint density at radius 3 is 2.69 bits per heavy atom. The first-order valence-corrected chi connectivity index (χ1v) is 20.1. The smallest absolute Gasteiger partial charge is 0.494 e. The minimum Gasteiger partial charge on any atom is -0.494 e. The molecule has 0 atom stereocenters. The van der Waals surface area contributed by atoms with E-state index in [4.69, 9.17) is 4.74 Å². The first kappa shape index (κ1) is 37.3. The number of H-pyrrole nitrogens is 1. The second kappa shape index (κ2) is 15.2. The maximum absolute atomic E-state index is 15.7. The molecule has 14 heteroatoms. The van der Waals surface area contributed by atoms with Crippen LogP contribution in [0.25, 0.3) is 33.8 Å². The number of carbonyl (C=O) groups excluding carboxylic acids is 2. The molecule has 3 aromatic heterocycles. The molecule has 0 bridgehead atoms. The van der Waals surface area contributed by atoms with Crippen LogP contribution in [-0.2, 0) is 4.79 Å². The fourth-order valence-corrected chi connectivity index (χ4v) is 8.48. The van der Waals surface area contributed by atoms with Crippen LogP contribution in [0.1, 0.15) is 72.7 Å². The summed E-state index contributed by atoms with van der Waals surface area (Å²) in [6.45, 7) is 1.35. The summed E-state index contributed by atoms with van der Waals surface area (Å²) in [4.78, 5) is 40.2. The number of nitrogens with zero attached hydrogens (tertiary/aromatic N) is 5. The fourth-order valence-electron chi connectivity index (χ4n) is 8.48. The molecule has 3 aliphatic heterocycles. The van der Waals surface area contributed by atoms with Gasteiger partial charge in [-0.3, -0.25) is 4.79 Å². The molecule has 11 nitrogen and oxygen atoms in total. The second-order valence-corrected chi connectivity index (χ2v) is 15.6. The van der Waals surface area contributed by atoms with Gasteiger partial charge in [-0.05, 0) is 109 Å². The van der Waals surface area contributed by atoms with Crippen molar-refractivity contribution in [1.29, 1.82) is 0 Å². The summed E-state index contributed by atoms with van der Waals surface area (Å²) in [7, 11) is 0. The Morgan fingerprint density at radius 1 is 1.05 bits per heavy atom. The highest BCUT2D eigenvalue weighted by Crippen LogP contribution is 2.44. The van der Waals surface area contributed by atoms with Crippen LogP contribution in [0.3, 0.4) is 0 Å². The summed E-state index contributed by atoms with van der Waals surface area (Å²) in [6.07, 6.45) is 15.0. The Labute approximate surface area is 335 Å². The quantitative estimate of drug-likeness (QED) is 0.0871. The van der Waals surface area contributed by atoms with Crippen molar-refractivity contribution in [2.24, 2.45) is 0 Å².